The molecule has 4 heterocycles. The number of para-hydroxylation sites is 2. The Kier molecular flexibility index (Phi) is 12.3. The minimum absolute atomic E-state index is 0.511. The van der Waals surface area contributed by atoms with Gasteiger partial charge in [0.1, 0.15) is 22.3 Å². The summed E-state index contributed by atoms with van der Waals surface area (Å²) >= 11 is 0. The van der Waals surface area contributed by atoms with E-state index in [1.54, 1.807) is 0 Å². The average molecular weight is 1100 g/mol. The van der Waals surface area contributed by atoms with Crippen molar-refractivity contribution < 1.29 is 8.83 Å². The Labute approximate surface area is 495 Å². The SMILES string of the molecule is c1ccc(-c2ccc(-c3cc(-c4ccc(-c5nc(-c6ccccc6)nc(-c6cccc7c6oc6cc(-c8cccc(-c9ccccc9)c8)ccc67)n5)cc4)c4c(c3)oc3c(-c5nc(-c6ccccc6)nc(-c6ccccc6)n5)cccc34)cc2)cc1. The molecule has 0 bridgehead atoms. The van der Waals surface area contributed by atoms with Gasteiger partial charge in [-0.1, -0.05) is 249 Å². The molecular formula is C78H48N6O2. The lowest BCUT2D eigenvalue weighted by molar-refractivity contribution is 0.669. The summed E-state index contributed by atoms with van der Waals surface area (Å²) in [5.41, 5.74) is 18.8. The molecule has 4 aromatic heterocycles. The minimum Gasteiger partial charge on any atom is -0.455 e. The zero-order valence-corrected chi connectivity index (χ0v) is 46.2. The lowest BCUT2D eigenvalue weighted by atomic mass is 9.93. The van der Waals surface area contributed by atoms with Crippen LogP contribution in [0.5, 0.6) is 0 Å². The van der Waals surface area contributed by atoms with Crippen LogP contribution in [0.3, 0.4) is 0 Å². The molecule has 0 aliphatic carbocycles. The van der Waals surface area contributed by atoms with E-state index in [1.165, 1.54) is 5.56 Å². The first-order chi connectivity index (χ1) is 42.6. The molecule has 0 amide bonds. The third-order valence-corrected chi connectivity index (χ3v) is 16.0. The van der Waals surface area contributed by atoms with E-state index in [1.807, 2.05) is 121 Å². The molecule has 0 aliphatic rings. The Balaban J connectivity index is 0.822. The maximum Gasteiger partial charge on any atom is 0.167 e. The molecule has 0 saturated carbocycles. The molecule has 8 heteroatoms. The van der Waals surface area contributed by atoms with Crippen LogP contribution in [0, 0.1) is 0 Å². The predicted octanol–water partition coefficient (Wildman–Crippen LogP) is 20.2. The number of nitrogens with zero attached hydrogens (tertiary/aromatic N) is 6. The minimum atomic E-state index is 0.511. The van der Waals surface area contributed by atoms with Gasteiger partial charge in [-0.2, -0.15) is 0 Å². The Hall–Kier alpha value is -11.7. The van der Waals surface area contributed by atoms with Crippen LogP contribution in [0.4, 0.5) is 0 Å². The van der Waals surface area contributed by atoms with E-state index in [-0.39, 0.29) is 0 Å². The van der Waals surface area contributed by atoms with Crippen molar-refractivity contribution in [1.82, 2.24) is 29.9 Å². The Morgan fingerprint density at radius 2 is 0.523 bits per heavy atom. The van der Waals surface area contributed by atoms with Crippen LogP contribution in [0.1, 0.15) is 0 Å². The Bertz CT molecular complexity index is 5130. The summed E-state index contributed by atoms with van der Waals surface area (Å²) in [4.78, 5) is 30.9. The molecular weight excluding hydrogens is 1050 g/mol. The first kappa shape index (κ1) is 50.0. The van der Waals surface area contributed by atoms with Gasteiger partial charge >= 0.3 is 0 Å². The van der Waals surface area contributed by atoms with Crippen molar-refractivity contribution >= 4 is 43.9 Å². The molecule has 0 unspecified atom stereocenters. The largest absolute Gasteiger partial charge is 0.455 e. The van der Waals surface area contributed by atoms with Gasteiger partial charge in [0.25, 0.3) is 0 Å². The molecule has 0 atom stereocenters. The van der Waals surface area contributed by atoms with Gasteiger partial charge in [0.2, 0.25) is 0 Å². The van der Waals surface area contributed by atoms with Crippen molar-refractivity contribution in [2.24, 2.45) is 0 Å². The van der Waals surface area contributed by atoms with Crippen LogP contribution in [0.15, 0.2) is 300 Å². The predicted molar refractivity (Wildman–Crippen MR) is 348 cm³/mol. The fourth-order valence-corrected chi connectivity index (χ4v) is 11.7. The fourth-order valence-electron chi connectivity index (χ4n) is 11.7. The highest BCUT2D eigenvalue weighted by molar-refractivity contribution is 6.16. The standard InChI is InChI=1S/C78H48N6O2/c1-6-19-49(20-7-1)51-35-37-52(38-36-51)61-46-67(70-64-32-18-34-66(72(64)86-69(70)48-61)78-82-73(54-23-10-3-11-24-54)79-74(83-78)55-25-12-4-13-26-55)53-39-41-57(42-40-53)76-80-75(56-27-14-5-15-28-56)81-77(84-76)65-33-17-31-63-62-44-43-60(47-68(62)85-71(63)65)59-30-16-29-58(45-59)50-21-8-2-9-22-50/h1-48H. The number of benzene rings is 12. The number of aromatic nitrogens is 6. The Morgan fingerprint density at radius 1 is 0.186 bits per heavy atom. The van der Waals surface area contributed by atoms with Crippen molar-refractivity contribution in [3.63, 3.8) is 0 Å². The summed E-state index contributed by atoms with van der Waals surface area (Å²) in [6.07, 6.45) is 0. The molecule has 12 aromatic carbocycles. The van der Waals surface area contributed by atoms with E-state index in [4.69, 9.17) is 38.7 Å². The normalized spacial score (nSPS) is 11.5. The van der Waals surface area contributed by atoms with Gasteiger partial charge < -0.3 is 8.83 Å². The molecule has 0 saturated heterocycles. The van der Waals surface area contributed by atoms with Crippen molar-refractivity contribution in [1.29, 1.82) is 0 Å². The lowest BCUT2D eigenvalue weighted by Gasteiger charge is -2.11. The topological polar surface area (TPSA) is 104 Å². The first-order valence-electron chi connectivity index (χ1n) is 28.6. The third-order valence-electron chi connectivity index (χ3n) is 16.0. The average Bonchev–Trinajstić information content (AvgIpc) is 2.68. The van der Waals surface area contributed by atoms with E-state index in [0.717, 1.165) is 116 Å². The number of hydrogen-bond acceptors (Lipinski definition) is 8. The fraction of sp³-hybridized carbons (Fsp3) is 0. The highest BCUT2D eigenvalue weighted by Gasteiger charge is 2.23. The molecule has 0 N–H and O–H groups in total. The highest BCUT2D eigenvalue weighted by Crippen LogP contribution is 2.44. The highest BCUT2D eigenvalue weighted by atomic mass is 16.3. The Morgan fingerprint density at radius 3 is 1.06 bits per heavy atom. The van der Waals surface area contributed by atoms with Crippen molar-refractivity contribution in [2.45, 2.75) is 0 Å². The van der Waals surface area contributed by atoms with Crippen LogP contribution in [-0.2, 0) is 0 Å². The second kappa shape index (κ2) is 21.2. The van der Waals surface area contributed by atoms with Crippen LogP contribution in [-0.4, -0.2) is 29.9 Å². The summed E-state index contributed by atoms with van der Waals surface area (Å²) in [7, 11) is 0. The van der Waals surface area contributed by atoms with Gasteiger partial charge in [-0.15, -0.1) is 0 Å². The quantitative estimate of drug-likeness (QED) is 0.126. The van der Waals surface area contributed by atoms with Crippen molar-refractivity contribution in [2.75, 3.05) is 0 Å². The molecule has 402 valence electrons. The van der Waals surface area contributed by atoms with E-state index >= 15 is 0 Å². The maximum atomic E-state index is 7.11. The van der Waals surface area contributed by atoms with Gasteiger partial charge in [0, 0.05) is 43.8 Å². The second-order valence-electron chi connectivity index (χ2n) is 21.4. The van der Waals surface area contributed by atoms with E-state index < -0.39 is 0 Å². The van der Waals surface area contributed by atoms with E-state index in [9.17, 15) is 0 Å². The molecule has 86 heavy (non-hydrogen) atoms. The molecule has 0 aliphatic heterocycles. The van der Waals surface area contributed by atoms with E-state index in [0.29, 0.717) is 46.1 Å². The number of hydrogen-bond donors (Lipinski definition) is 0. The molecule has 8 nitrogen and oxygen atoms in total. The van der Waals surface area contributed by atoms with Crippen LogP contribution >= 0.6 is 0 Å². The van der Waals surface area contributed by atoms with Gasteiger partial charge in [-0.25, -0.2) is 29.9 Å². The number of furan rings is 2. The summed E-state index contributed by atoms with van der Waals surface area (Å²) < 4.78 is 14.0. The molecule has 16 aromatic rings. The molecule has 16 rings (SSSR count). The second-order valence-corrected chi connectivity index (χ2v) is 21.4. The van der Waals surface area contributed by atoms with Gasteiger partial charge in [-0.05, 0) is 98.1 Å². The smallest absolute Gasteiger partial charge is 0.167 e. The summed E-state index contributed by atoms with van der Waals surface area (Å²) in [6.45, 7) is 0. The molecule has 0 radical (unpaired) electrons. The van der Waals surface area contributed by atoms with Gasteiger partial charge in [0.05, 0.1) is 11.1 Å². The van der Waals surface area contributed by atoms with Crippen LogP contribution in [0.2, 0.25) is 0 Å². The summed E-state index contributed by atoms with van der Waals surface area (Å²) in [5.74, 6) is 3.27. The molecule has 0 spiro atoms. The zero-order chi connectivity index (χ0) is 56.9. The summed E-state index contributed by atoms with van der Waals surface area (Å²) in [6, 6.07) is 100. The lowest BCUT2D eigenvalue weighted by Crippen LogP contribution is -2.00. The summed E-state index contributed by atoms with van der Waals surface area (Å²) in [5, 5.41) is 3.91. The van der Waals surface area contributed by atoms with Gasteiger partial charge in [-0.3, -0.25) is 0 Å². The number of rotatable bonds is 11. The number of fused-ring (bicyclic) bond motifs is 6. The van der Waals surface area contributed by atoms with Crippen molar-refractivity contribution in [3.8, 4) is 124 Å². The van der Waals surface area contributed by atoms with E-state index in [2.05, 4.69) is 170 Å². The molecule has 0 fully saturated rings. The van der Waals surface area contributed by atoms with Crippen LogP contribution in [0.25, 0.3) is 168 Å². The monoisotopic (exact) mass is 1100 g/mol. The van der Waals surface area contributed by atoms with Gasteiger partial charge in [0.15, 0.2) is 34.9 Å². The first-order valence-corrected chi connectivity index (χ1v) is 28.6. The van der Waals surface area contributed by atoms with Crippen molar-refractivity contribution in [3.05, 3.63) is 291 Å². The zero-order valence-electron chi connectivity index (χ0n) is 46.2. The van der Waals surface area contributed by atoms with Crippen LogP contribution < -0.4 is 0 Å². The third kappa shape index (κ3) is 9.24. The maximum absolute atomic E-state index is 7.11.